The first-order valence-electron chi connectivity index (χ1n) is 5.12. The van der Waals surface area contributed by atoms with Gasteiger partial charge < -0.3 is 9.64 Å². The standard InChI is InChI=1S/C9H18N2O3S/c1-11-3-8-4-14-7-9(8,6-11)5-10-15(2,12)13/h8,10H,3-7H2,1-2H3/t8-,9+/m1/s1. The number of nitrogens with one attached hydrogen (secondary N) is 1. The Hall–Kier alpha value is -0.170. The Labute approximate surface area is 90.8 Å². The zero-order chi connectivity index (χ0) is 11.1. The molecule has 0 unspecified atom stereocenters. The molecule has 2 rings (SSSR count). The highest BCUT2D eigenvalue weighted by Crippen LogP contribution is 2.40. The average Bonchev–Trinajstić information content (AvgIpc) is 2.55. The third-order valence-corrected chi connectivity index (χ3v) is 4.05. The summed E-state index contributed by atoms with van der Waals surface area (Å²) in [5.74, 6) is 0.469. The Morgan fingerprint density at radius 3 is 3.00 bits per heavy atom. The summed E-state index contributed by atoms with van der Waals surface area (Å²) >= 11 is 0. The Kier molecular flexibility index (Phi) is 2.79. The molecule has 0 aromatic heterocycles. The van der Waals surface area contributed by atoms with Gasteiger partial charge in [-0.3, -0.25) is 0 Å². The molecule has 2 atom stereocenters. The van der Waals surface area contributed by atoms with E-state index in [1.165, 1.54) is 6.26 Å². The summed E-state index contributed by atoms with van der Waals surface area (Å²) in [5, 5.41) is 0. The highest BCUT2D eigenvalue weighted by Gasteiger charge is 2.49. The van der Waals surface area contributed by atoms with Crippen LogP contribution in [0.25, 0.3) is 0 Å². The number of ether oxygens (including phenoxy) is 1. The normalized spacial score (nSPS) is 37.1. The second-order valence-corrected chi connectivity index (χ2v) is 6.70. The van der Waals surface area contributed by atoms with Gasteiger partial charge >= 0.3 is 0 Å². The molecular formula is C9H18N2O3S. The van der Waals surface area contributed by atoms with E-state index in [-0.39, 0.29) is 5.41 Å². The Morgan fingerprint density at radius 1 is 1.60 bits per heavy atom. The molecule has 0 aromatic rings. The molecule has 15 heavy (non-hydrogen) atoms. The van der Waals surface area contributed by atoms with Crippen LogP contribution in [0.4, 0.5) is 0 Å². The van der Waals surface area contributed by atoms with Crippen LogP contribution in [0.2, 0.25) is 0 Å². The van der Waals surface area contributed by atoms with Gasteiger partial charge in [-0.15, -0.1) is 0 Å². The summed E-state index contributed by atoms with van der Waals surface area (Å²) in [5.41, 5.74) is -0.00215. The lowest BCUT2D eigenvalue weighted by atomic mass is 9.81. The van der Waals surface area contributed by atoms with E-state index < -0.39 is 10.0 Å². The summed E-state index contributed by atoms with van der Waals surface area (Å²) in [7, 11) is -1.03. The van der Waals surface area contributed by atoms with Gasteiger partial charge in [-0.05, 0) is 7.05 Å². The van der Waals surface area contributed by atoms with Crippen LogP contribution in [-0.2, 0) is 14.8 Å². The van der Waals surface area contributed by atoms with Crippen molar-refractivity contribution < 1.29 is 13.2 Å². The molecule has 0 saturated carbocycles. The van der Waals surface area contributed by atoms with Crippen LogP contribution >= 0.6 is 0 Å². The van der Waals surface area contributed by atoms with Gasteiger partial charge in [-0.25, -0.2) is 13.1 Å². The molecule has 88 valence electrons. The van der Waals surface area contributed by atoms with Gasteiger partial charge in [0, 0.05) is 31.0 Å². The molecular weight excluding hydrogens is 216 g/mol. The summed E-state index contributed by atoms with van der Waals surface area (Å²) in [6.07, 6.45) is 1.20. The monoisotopic (exact) mass is 234 g/mol. The van der Waals surface area contributed by atoms with Gasteiger partial charge in [0.1, 0.15) is 0 Å². The molecule has 2 aliphatic heterocycles. The fourth-order valence-electron chi connectivity index (χ4n) is 2.62. The van der Waals surface area contributed by atoms with Crippen molar-refractivity contribution >= 4 is 10.0 Å². The number of sulfonamides is 1. The van der Waals surface area contributed by atoms with Gasteiger partial charge in [0.25, 0.3) is 0 Å². The van der Waals surface area contributed by atoms with Crippen molar-refractivity contribution in [2.24, 2.45) is 11.3 Å². The van der Waals surface area contributed by atoms with E-state index in [4.69, 9.17) is 4.74 Å². The van der Waals surface area contributed by atoms with Gasteiger partial charge in [-0.1, -0.05) is 0 Å². The fourth-order valence-corrected chi connectivity index (χ4v) is 3.17. The first-order valence-corrected chi connectivity index (χ1v) is 7.01. The number of rotatable bonds is 3. The minimum Gasteiger partial charge on any atom is -0.380 e. The van der Waals surface area contributed by atoms with Crippen molar-refractivity contribution in [3.63, 3.8) is 0 Å². The molecule has 0 radical (unpaired) electrons. The van der Waals surface area contributed by atoms with E-state index in [1.54, 1.807) is 0 Å². The first-order chi connectivity index (χ1) is 6.91. The van der Waals surface area contributed by atoms with Crippen LogP contribution < -0.4 is 4.72 Å². The van der Waals surface area contributed by atoms with Gasteiger partial charge in [0.2, 0.25) is 10.0 Å². The van der Waals surface area contributed by atoms with E-state index in [0.29, 0.717) is 19.1 Å². The molecule has 1 N–H and O–H groups in total. The van der Waals surface area contributed by atoms with Crippen molar-refractivity contribution in [3.8, 4) is 0 Å². The van der Waals surface area contributed by atoms with Gasteiger partial charge in [0.05, 0.1) is 19.5 Å². The van der Waals surface area contributed by atoms with E-state index in [9.17, 15) is 8.42 Å². The van der Waals surface area contributed by atoms with Crippen molar-refractivity contribution in [1.82, 2.24) is 9.62 Å². The average molecular weight is 234 g/mol. The van der Waals surface area contributed by atoms with E-state index in [1.807, 2.05) is 0 Å². The predicted molar refractivity (Wildman–Crippen MR) is 57.1 cm³/mol. The van der Waals surface area contributed by atoms with Crippen LogP contribution in [0.15, 0.2) is 0 Å². The number of nitrogens with zero attached hydrogens (tertiary/aromatic N) is 1. The largest absolute Gasteiger partial charge is 0.380 e. The van der Waals surface area contributed by atoms with Crippen LogP contribution in [0.5, 0.6) is 0 Å². The minimum atomic E-state index is -3.10. The van der Waals surface area contributed by atoms with E-state index in [2.05, 4.69) is 16.7 Å². The third kappa shape index (κ3) is 2.33. The van der Waals surface area contributed by atoms with Crippen molar-refractivity contribution in [3.05, 3.63) is 0 Å². The molecule has 0 spiro atoms. The van der Waals surface area contributed by atoms with Crippen molar-refractivity contribution in [1.29, 1.82) is 0 Å². The summed E-state index contributed by atoms with van der Waals surface area (Å²) in [6.45, 7) is 3.85. The number of hydrogen-bond acceptors (Lipinski definition) is 4. The van der Waals surface area contributed by atoms with Gasteiger partial charge in [0.15, 0.2) is 0 Å². The Bertz CT molecular complexity index is 343. The molecule has 6 heteroatoms. The molecule has 2 heterocycles. The lowest BCUT2D eigenvalue weighted by Gasteiger charge is -2.26. The maximum atomic E-state index is 11.1. The summed E-state index contributed by atoms with van der Waals surface area (Å²) in [4.78, 5) is 2.25. The van der Waals surface area contributed by atoms with Crippen LogP contribution in [0.1, 0.15) is 0 Å². The van der Waals surface area contributed by atoms with E-state index >= 15 is 0 Å². The number of fused-ring (bicyclic) bond motifs is 1. The summed E-state index contributed by atoms with van der Waals surface area (Å²) < 4.78 is 30.3. The minimum absolute atomic E-state index is 0.00215. The predicted octanol–water partition coefficient (Wildman–Crippen LogP) is -0.886. The third-order valence-electron chi connectivity index (χ3n) is 3.38. The fraction of sp³-hybridized carbons (Fsp3) is 1.00. The number of hydrogen-bond donors (Lipinski definition) is 1. The second-order valence-electron chi connectivity index (χ2n) is 4.86. The summed E-state index contributed by atoms with van der Waals surface area (Å²) in [6, 6.07) is 0. The SMILES string of the molecule is CN1C[C@@H]2COC[C@]2(CNS(C)(=O)=O)C1. The maximum Gasteiger partial charge on any atom is 0.208 e. The Morgan fingerprint density at radius 2 is 2.33 bits per heavy atom. The maximum absolute atomic E-state index is 11.1. The molecule has 2 fully saturated rings. The quantitative estimate of drug-likeness (QED) is 0.688. The number of likely N-dealkylation sites (tertiary alicyclic amines) is 1. The lowest BCUT2D eigenvalue weighted by molar-refractivity contribution is 0.136. The lowest BCUT2D eigenvalue weighted by Crippen LogP contribution is -2.42. The Balaban J connectivity index is 2.05. The molecule has 2 saturated heterocycles. The molecule has 0 aromatic carbocycles. The highest BCUT2D eigenvalue weighted by atomic mass is 32.2. The van der Waals surface area contributed by atoms with Crippen molar-refractivity contribution in [2.75, 3.05) is 46.2 Å². The zero-order valence-corrected chi connectivity index (χ0v) is 10.0. The van der Waals surface area contributed by atoms with Crippen LogP contribution in [0, 0.1) is 11.3 Å². The molecule has 2 aliphatic rings. The molecule has 0 aliphatic carbocycles. The van der Waals surface area contributed by atoms with Gasteiger partial charge in [-0.2, -0.15) is 0 Å². The first kappa shape index (κ1) is 11.3. The molecule has 0 amide bonds. The molecule has 0 bridgehead atoms. The van der Waals surface area contributed by atoms with Crippen LogP contribution in [-0.4, -0.2) is 59.5 Å². The van der Waals surface area contributed by atoms with Crippen molar-refractivity contribution in [2.45, 2.75) is 0 Å². The van der Waals surface area contributed by atoms with Crippen LogP contribution in [0.3, 0.4) is 0 Å². The second kappa shape index (κ2) is 3.69. The molecule has 5 nitrogen and oxygen atoms in total. The topological polar surface area (TPSA) is 58.6 Å². The highest BCUT2D eigenvalue weighted by molar-refractivity contribution is 7.88. The van der Waals surface area contributed by atoms with E-state index in [0.717, 1.165) is 19.7 Å². The smallest absolute Gasteiger partial charge is 0.208 e. The zero-order valence-electron chi connectivity index (χ0n) is 9.19.